The number of rotatable bonds is 3. The standard InChI is InChI=1S/C24H21ClN4O3/c1-26-21(30)13-28-14-24(19-10-16(25)6-7-18(19)22(28)31)8-9-29(23(24)32)20-12-27-11-15-4-2-3-5-17(15)20/h2-7,10-12H,8-9,13-14H2,1H3,(H,26,30)/t24-/m1/s1. The highest BCUT2D eigenvalue weighted by Gasteiger charge is 2.54. The van der Waals surface area contributed by atoms with E-state index in [4.69, 9.17) is 11.6 Å². The van der Waals surface area contributed by atoms with Gasteiger partial charge in [0.15, 0.2) is 0 Å². The zero-order valence-electron chi connectivity index (χ0n) is 17.5. The van der Waals surface area contributed by atoms with Gasteiger partial charge in [0.1, 0.15) is 0 Å². The van der Waals surface area contributed by atoms with E-state index in [2.05, 4.69) is 10.3 Å². The SMILES string of the molecule is CNC(=O)CN1C[C@]2(CCN(c3cncc4ccccc34)C2=O)c2cc(Cl)ccc2C1=O. The highest BCUT2D eigenvalue weighted by molar-refractivity contribution is 6.31. The number of carbonyl (C=O) groups excluding carboxylic acids is 3. The minimum absolute atomic E-state index is 0.109. The van der Waals surface area contributed by atoms with Crippen LogP contribution in [-0.2, 0) is 15.0 Å². The van der Waals surface area contributed by atoms with E-state index in [1.54, 1.807) is 35.5 Å². The number of nitrogens with zero attached hydrogens (tertiary/aromatic N) is 3. The third-order valence-corrected chi connectivity index (χ3v) is 6.68. The van der Waals surface area contributed by atoms with Gasteiger partial charge in [0.05, 0.1) is 23.8 Å². The van der Waals surface area contributed by atoms with Crippen LogP contribution in [-0.4, -0.2) is 54.3 Å². The number of carbonyl (C=O) groups is 3. The summed E-state index contributed by atoms with van der Waals surface area (Å²) in [6, 6.07) is 12.8. The molecule has 0 bridgehead atoms. The van der Waals surface area contributed by atoms with Gasteiger partial charge in [-0.1, -0.05) is 35.9 Å². The summed E-state index contributed by atoms with van der Waals surface area (Å²) in [6.07, 6.45) is 3.98. The predicted octanol–water partition coefficient (Wildman–Crippen LogP) is 2.76. The molecule has 2 aromatic carbocycles. The largest absolute Gasteiger partial charge is 0.358 e. The van der Waals surface area contributed by atoms with Crippen molar-refractivity contribution in [2.75, 3.05) is 31.6 Å². The maximum absolute atomic E-state index is 14.0. The van der Waals surface area contributed by atoms with E-state index in [9.17, 15) is 14.4 Å². The van der Waals surface area contributed by atoms with Gasteiger partial charge in [-0.05, 0) is 30.2 Å². The van der Waals surface area contributed by atoms with E-state index in [1.165, 1.54) is 11.9 Å². The first-order valence-corrected chi connectivity index (χ1v) is 10.8. The molecule has 2 aliphatic rings. The Morgan fingerprint density at radius 1 is 1.19 bits per heavy atom. The molecule has 2 aliphatic heterocycles. The highest BCUT2D eigenvalue weighted by Crippen LogP contribution is 2.45. The van der Waals surface area contributed by atoms with E-state index < -0.39 is 5.41 Å². The van der Waals surface area contributed by atoms with Gasteiger partial charge in [0.2, 0.25) is 11.8 Å². The zero-order valence-corrected chi connectivity index (χ0v) is 18.2. The topological polar surface area (TPSA) is 82.6 Å². The van der Waals surface area contributed by atoms with Crippen molar-refractivity contribution in [3.8, 4) is 0 Å². The third kappa shape index (κ3) is 3.04. The fourth-order valence-corrected chi connectivity index (χ4v) is 5.02. The second-order valence-electron chi connectivity index (χ2n) is 8.19. The minimum Gasteiger partial charge on any atom is -0.358 e. The lowest BCUT2D eigenvalue weighted by Crippen LogP contribution is -2.55. The summed E-state index contributed by atoms with van der Waals surface area (Å²) in [5, 5.41) is 4.90. The number of halogens is 1. The Bertz CT molecular complexity index is 1270. The van der Waals surface area contributed by atoms with Gasteiger partial charge in [-0.25, -0.2) is 0 Å². The highest BCUT2D eigenvalue weighted by atomic mass is 35.5. The molecule has 1 N–H and O–H groups in total. The van der Waals surface area contributed by atoms with Crippen LogP contribution in [0.25, 0.3) is 10.8 Å². The van der Waals surface area contributed by atoms with Crippen molar-refractivity contribution in [3.63, 3.8) is 0 Å². The number of aromatic nitrogens is 1. The van der Waals surface area contributed by atoms with E-state index in [-0.39, 0.29) is 30.8 Å². The summed E-state index contributed by atoms with van der Waals surface area (Å²) < 4.78 is 0. The van der Waals surface area contributed by atoms with Crippen molar-refractivity contribution in [2.45, 2.75) is 11.8 Å². The van der Waals surface area contributed by atoms with Gasteiger partial charge >= 0.3 is 0 Å². The van der Waals surface area contributed by atoms with Crippen LogP contribution in [0, 0.1) is 0 Å². The first-order valence-electron chi connectivity index (χ1n) is 10.4. The molecule has 0 aliphatic carbocycles. The molecule has 0 saturated carbocycles. The molecule has 3 heterocycles. The van der Waals surface area contributed by atoms with Crippen molar-refractivity contribution in [3.05, 3.63) is 71.0 Å². The van der Waals surface area contributed by atoms with Gasteiger partial charge in [-0.15, -0.1) is 0 Å². The van der Waals surface area contributed by atoms with Crippen LogP contribution in [0.1, 0.15) is 22.3 Å². The number of benzene rings is 2. The van der Waals surface area contributed by atoms with Crippen LogP contribution in [0.3, 0.4) is 0 Å². The number of anilines is 1. The van der Waals surface area contributed by atoms with Crippen molar-refractivity contribution in [2.24, 2.45) is 0 Å². The van der Waals surface area contributed by atoms with E-state index in [1.807, 2.05) is 24.3 Å². The maximum Gasteiger partial charge on any atom is 0.254 e. The second-order valence-corrected chi connectivity index (χ2v) is 8.63. The Hall–Kier alpha value is -3.45. The van der Waals surface area contributed by atoms with Crippen molar-refractivity contribution in [1.29, 1.82) is 0 Å². The quantitative estimate of drug-likeness (QED) is 0.668. The summed E-state index contributed by atoms with van der Waals surface area (Å²) in [6.45, 7) is 0.491. The summed E-state index contributed by atoms with van der Waals surface area (Å²) in [7, 11) is 1.52. The lowest BCUT2D eigenvalue weighted by molar-refractivity contribution is -0.125. The van der Waals surface area contributed by atoms with Gasteiger partial charge in [-0.2, -0.15) is 0 Å². The molecule has 3 amide bonds. The fraction of sp³-hybridized carbons (Fsp3) is 0.250. The van der Waals surface area contributed by atoms with Crippen LogP contribution in [0.5, 0.6) is 0 Å². The predicted molar refractivity (Wildman–Crippen MR) is 122 cm³/mol. The average molecular weight is 449 g/mol. The Kier molecular flexibility index (Phi) is 4.86. The van der Waals surface area contributed by atoms with Crippen LogP contribution >= 0.6 is 11.6 Å². The average Bonchev–Trinajstić information content (AvgIpc) is 3.13. The molecule has 1 saturated heterocycles. The molecule has 0 unspecified atom stereocenters. The van der Waals surface area contributed by atoms with Crippen LogP contribution in [0.15, 0.2) is 54.9 Å². The third-order valence-electron chi connectivity index (χ3n) is 6.44. The summed E-state index contributed by atoms with van der Waals surface area (Å²) >= 11 is 6.28. The molecule has 1 spiro atoms. The number of pyridine rings is 1. The Balaban J connectivity index is 1.62. The normalized spacial score (nSPS) is 20.2. The number of nitrogens with one attached hydrogen (secondary N) is 1. The Labute approximate surface area is 190 Å². The Morgan fingerprint density at radius 2 is 2.00 bits per heavy atom. The lowest BCUT2D eigenvalue weighted by atomic mass is 9.73. The second kappa shape index (κ2) is 7.60. The fourth-order valence-electron chi connectivity index (χ4n) is 4.84. The van der Waals surface area contributed by atoms with Crippen LogP contribution in [0.4, 0.5) is 5.69 Å². The molecule has 1 aromatic heterocycles. The maximum atomic E-state index is 14.0. The van der Waals surface area contributed by atoms with Gasteiger partial charge < -0.3 is 15.1 Å². The van der Waals surface area contributed by atoms with Crippen molar-refractivity contribution in [1.82, 2.24) is 15.2 Å². The molecule has 0 radical (unpaired) electrons. The summed E-state index contributed by atoms with van der Waals surface area (Å²) in [4.78, 5) is 46.8. The number of hydrogen-bond acceptors (Lipinski definition) is 4. The first-order chi connectivity index (χ1) is 15.4. The lowest BCUT2D eigenvalue weighted by Gasteiger charge is -2.40. The van der Waals surface area contributed by atoms with Gasteiger partial charge in [0, 0.05) is 47.7 Å². The van der Waals surface area contributed by atoms with Crippen molar-refractivity contribution < 1.29 is 14.4 Å². The summed E-state index contributed by atoms with van der Waals surface area (Å²) in [5.74, 6) is -0.677. The number of fused-ring (bicyclic) bond motifs is 3. The number of amides is 3. The number of likely N-dealkylation sites (N-methyl/N-ethyl adjacent to an activating group) is 1. The number of hydrogen-bond donors (Lipinski definition) is 1. The summed E-state index contributed by atoms with van der Waals surface area (Å²) in [5.41, 5.74) is 0.807. The Morgan fingerprint density at radius 3 is 2.81 bits per heavy atom. The molecule has 7 nitrogen and oxygen atoms in total. The molecule has 1 fully saturated rings. The van der Waals surface area contributed by atoms with Crippen LogP contribution in [0.2, 0.25) is 5.02 Å². The zero-order chi connectivity index (χ0) is 22.5. The molecular formula is C24H21ClN4O3. The van der Waals surface area contributed by atoms with Gasteiger partial charge in [-0.3, -0.25) is 19.4 Å². The van der Waals surface area contributed by atoms with E-state index in [0.29, 0.717) is 29.1 Å². The van der Waals surface area contributed by atoms with E-state index in [0.717, 1.165) is 16.5 Å². The molecule has 5 rings (SSSR count). The van der Waals surface area contributed by atoms with Gasteiger partial charge in [0.25, 0.3) is 5.91 Å². The smallest absolute Gasteiger partial charge is 0.254 e. The minimum atomic E-state index is -0.973. The molecule has 8 heteroatoms. The molecular weight excluding hydrogens is 428 g/mol. The molecule has 3 aromatic rings. The van der Waals surface area contributed by atoms with Crippen LogP contribution < -0.4 is 10.2 Å². The monoisotopic (exact) mass is 448 g/mol. The first kappa shape index (κ1) is 20.5. The molecule has 1 atom stereocenters. The molecule has 162 valence electrons. The molecule has 32 heavy (non-hydrogen) atoms. The van der Waals surface area contributed by atoms with E-state index >= 15 is 0 Å². The van der Waals surface area contributed by atoms with Crippen molar-refractivity contribution >= 4 is 45.8 Å².